The maximum absolute atomic E-state index is 5.36. The van der Waals surface area contributed by atoms with Gasteiger partial charge in [0.2, 0.25) is 0 Å². The van der Waals surface area contributed by atoms with Gasteiger partial charge < -0.3 is 10.1 Å². The number of thioether (sulfide) groups is 1. The third-order valence-electron chi connectivity index (χ3n) is 3.91. The lowest BCUT2D eigenvalue weighted by Crippen LogP contribution is -2.23. The Balaban J connectivity index is 1.87. The van der Waals surface area contributed by atoms with Gasteiger partial charge in [-0.25, -0.2) is 0 Å². The van der Waals surface area contributed by atoms with Crippen LogP contribution >= 0.6 is 27.7 Å². The van der Waals surface area contributed by atoms with Crippen molar-refractivity contribution in [1.29, 1.82) is 0 Å². The van der Waals surface area contributed by atoms with Crippen molar-refractivity contribution < 1.29 is 4.74 Å². The highest BCUT2D eigenvalue weighted by Gasteiger charge is 2.32. The molecule has 0 aromatic heterocycles. The highest BCUT2D eigenvalue weighted by Crippen LogP contribution is 2.43. The van der Waals surface area contributed by atoms with Gasteiger partial charge in [-0.1, -0.05) is 18.2 Å². The molecule has 0 saturated carbocycles. The van der Waals surface area contributed by atoms with Crippen LogP contribution in [0, 0.1) is 0 Å². The van der Waals surface area contributed by atoms with Crippen molar-refractivity contribution >= 4 is 27.7 Å². The van der Waals surface area contributed by atoms with Crippen LogP contribution in [-0.2, 0) is 6.42 Å². The molecule has 2 atom stereocenters. The second-order valence-electron chi connectivity index (χ2n) is 5.12. The zero-order valence-corrected chi connectivity index (χ0v) is 14.5. The molecule has 0 bridgehead atoms. The van der Waals surface area contributed by atoms with Crippen molar-refractivity contribution in [2.45, 2.75) is 22.6 Å². The number of hydrogen-bond acceptors (Lipinski definition) is 3. The molecule has 0 amide bonds. The van der Waals surface area contributed by atoms with E-state index in [9.17, 15) is 0 Å². The van der Waals surface area contributed by atoms with Crippen molar-refractivity contribution in [2.24, 2.45) is 0 Å². The molecule has 0 aliphatic heterocycles. The first-order valence-electron chi connectivity index (χ1n) is 6.98. The molecule has 1 aliphatic carbocycles. The van der Waals surface area contributed by atoms with E-state index in [1.807, 2.05) is 18.8 Å². The lowest BCUT2D eigenvalue weighted by molar-refractivity contribution is 0.413. The van der Waals surface area contributed by atoms with Crippen LogP contribution in [0.5, 0.6) is 5.75 Å². The summed E-state index contributed by atoms with van der Waals surface area (Å²) in [5, 5.41) is 3.97. The molecule has 21 heavy (non-hydrogen) atoms. The standard InChI is InChI=1S/C17H18BrNOS/c1-19-17-13-10-12(20-2)8-7-11(13)9-16(17)21-15-6-4-3-5-14(15)18/h3-8,10,16-17,19H,9H2,1-2H3. The summed E-state index contributed by atoms with van der Waals surface area (Å²) in [4.78, 5) is 1.29. The minimum atomic E-state index is 0.354. The molecular formula is C17H18BrNOS. The Bertz CT molecular complexity index is 646. The molecule has 2 unspecified atom stereocenters. The van der Waals surface area contributed by atoms with Crippen molar-refractivity contribution in [3.05, 3.63) is 58.1 Å². The normalized spacial score (nSPS) is 20.3. The van der Waals surface area contributed by atoms with E-state index in [2.05, 4.69) is 63.7 Å². The van der Waals surface area contributed by atoms with Crippen molar-refractivity contribution in [3.8, 4) is 5.75 Å². The first-order valence-corrected chi connectivity index (χ1v) is 8.65. The largest absolute Gasteiger partial charge is 0.497 e. The molecule has 2 aromatic carbocycles. The second-order valence-corrected chi connectivity index (χ2v) is 7.26. The van der Waals surface area contributed by atoms with Crippen LogP contribution in [0.3, 0.4) is 0 Å². The highest BCUT2D eigenvalue weighted by molar-refractivity contribution is 9.10. The molecule has 3 rings (SSSR count). The number of ether oxygens (including phenoxy) is 1. The van der Waals surface area contributed by atoms with Crippen LogP contribution in [0.4, 0.5) is 0 Å². The molecule has 0 spiro atoms. The number of rotatable bonds is 4. The molecule has 110 valence electrons. The van der Waals surface area contributed by atoms with E-state index in [1.54, 1.807) is 7.11 Å². The summed E-state index contributed by atoms with van der Waals surface area (Å²) in [6.45, 7) is 0. The zero-order chi connectivity index (χ0) is 14.8. The first-order chi connectivity index (χ1) is 10.2. The van der Waals surface area contributed by atoms with Gasteiger partial charge in [-0.3, -0.25) is 0 Å². The highest BCUT2D eigenvalue weighted by atomic mass is 79.9. The van der Waals surface area contributed by atoms with Gasteiger partial charge in [0, 0.05) is 20.7 Å². The summed E-state index contributed by atoms with van der Waals surface area (Å²) in [5.74, 6) is 0.931. The van der Waals surface area contributed by atoms with Gasteiger partial charge in [0.05, 0.1) is 7.11 Å². The molecule has 1 aliphatic rings. The van der Waals surface area contributed by atoms with Crippen LogP contribution in [0.25, 0.3) is 0 Å². The van der Waals surface area contributed by atoms with Gasteiger partial charge in [-0.05, 0) is 64.8 Å². The summed E-state index contributed by atoms with van der Waals surface area (Å²) >= 11 is 5.57. The molecule has 2 aromatic rings. The van der Waals surface area contributed by atoms with Gasteiger partial charge in [-0.15, -0.1) is 11.8 Å². The van der Waals surface area contributed by atoms with Gasteiger partial charge in [0.15, 0.2) is 0 Å². The number of nitrogens with one attached hydrogen (secondary N) is 1. The van der Waals surface area contributed by atoms with E-state index >= 15 is 0 Å². The predicted octanol–water partition coefficient (Wildman–Crippen LogP) is 4.44. The maximum atomic E-state index is 5.36. The third-order valence-corrected chi connectivity index (χ3v) is 6.21. The van der Waals surface area contributed by atoms with Crippen molar-refractivity contribution in [3.63, 3.8) is 0 Å². The first kappa shape index (κ1) is 14.9. The Morgan fingerprint density at radius 3 is 2.76 bits per heavy atom. The molecule has 0 radical (unpaired) electrons. The van der Waals surface area contributed by atoms with Gasteiger partial charge in [-0.2, -0.15) is 0 Å². The smallest absolute Gasteiger partial charge is 0.119 e. The molecular weight excluding hydrogens is 346 g/mol. The number of halogens is 1. The SMILES string of the molecule is CNC1c2cc(OC)ccc2CC1Sc1ccccc1Br. The van der Waals surface area contributed by atoms with Crippen molar-refractivity contribution in [2.75, 3.05) is 14.2 Å². The van der Waals surface area contributed by atoms with Crippen LogP contribution in [-0.4, -0.2) is 19.4 Å². The Hall–Kier alpha value is -0.970. The lowest BCUT2D eigenvalue weighted by Gasteiger charge is -2.20. The Labute approximate surface area is 138 Å². The Morgan fingerprint density at radius 1 is 1.24 bits per heavy atom. The summed E-state index contributed by atoms with van der Waals surface area (Å²) in [6, 6.07) is 15.2. The van der Waals surface area contributed by atoms with E-state index in [4.69, 9.17) is 4.74 Å². The minimum absolute atomic E-state index is 0.354. The maximum Gasteiger partial charge on any atom is 0.119 e. The summed E-state index contributed by atoms with van der Waals surface area (Å²) in [5.41, 5.74) is 2.78. The van der Waals surface area contributed by atoms with Crippen LogP contribution < -0.4 is 10.1 Å². The third kappa shape index (κ3) is 2.98. The fourth-order valence-electron chi connectivity index (χ4n) is 2.86. The van der Waals surface area contributed by atoms with E-state index in [0.717, 1.165) is 12.2 Å². The predicted molar refractivity (Wildman–Crippen MR) is 92.3 cm³/mol. The monoisotopic (exact) mass is 363 g/mol. The molecule has 0 saturated heterocycles. The van der Waals surface area contributed by atoms with Crippen LogP contribution in [0.1, 0.15) is 17.2 Å². The van der Waals surface area contributed by atoms with Crippen LogP contribution in [0.2, 0.25) is 0 Å². The molecule has 2 nitrogen and oxygen atoms in total. The summed E-state index contributed by atoms with van der Waals surface area (Å²) < 4.78 is 6.53. The molecule has 4 heteroatoms. The Morgan fingerprint density at radius 2 is 2.05 bits per heavy atom. The average molecular weight is 364 g/mol. The molecule has 0 fully saturated rings. The Kier molecular flexibility index (Phi) is 4.57. The molecule has 0 heterocycles. The number of fused-ring (bicyclic) bond motifs is 1. The number of hydrogen-bond donors (Lipinski definition) is 1. The number of benzene rings is 2. The fourth-order valence-corrected chi connectivity index (χ4v) is 4.78. The quantitative estimate of drug-likeness (QED) is 0.867. The van der Waals surface area contributed by atoms with E-state index in [0.29, 0.717) is 11.3 Å². The fraction of sp³-hybridized carbons (Fsp3) is 0.294. The van der Waals surface area contributed by atoms with E-state index < -0.39 is 0 Å². The van der Waals surface area contributed by atoms with E-state index in [1.165, 1.54) is 20.5 Å². The van der Waals surface area contributed by atoms with E-state index in [-0.39, 0.29) is 0 Å². The van der Waals surface area contributed by atoms with Crippen molar-refractivity contribution in [1.82, 2.24) is 5.32 Å². The van der Waals surface area contributed by atoms with Gasteiger partial charge >= 0.3 is 0 Å². The van der Waals surface area contributed by atoms with Gasteiger partial charge in [0.1, 0.15) is 5.75 Å². The summed E-state index contributed by atoms with van der Waals surface area (Å²) in [7, 11) is 3.76. The molecule has 1 N–H and O–H groups in total. The second kappa shape index (κ2) is 6.42. The minimum Gasteiger partial charge on any atom is -0.497 e. The zero-order valence-electron chi connectivity index (χ0n) is 12.1. The number of methoxy groups -OCH3 is 1. The topological polar surface area (TPSA) is 21.3 Å². The average Bonchev–Trinajstić information content (AvgIpc) is 2.85. The lowest BCUT2D eigenvalue weighted by atomic mass is 10.1. The van der Waals surface area contributed by atoms with Crippen LogP contribution in [0.15, 0.2) is 51.8 Å². The summed E-state index contributed by atoms with van der Waals surface area (Å²) in [6.07, 6.45) is 1.08. The van der Waals surface area contributed by atoms with Gasteiger partial charge in [0.25, 0.3) is 0 Å².